The molecule has 5 nitrogen and oxygen atoms in total. The number of nitro benzene ring substituents is 1. The van der Waals surface area contributed by atoms with E-state index in [1.165, 1.54) is 12.1 Å². The van der Waals surface area contributed by atoms with E-state index in [9.17, 15) is 14.5 Å². The van der Waals surface area contributed by atoms with Gasteiger partial charge in [0.2, 0.25) is 0 Å². The maximum atomic E-state index is 13.2. The summed E-state index contributed by atoms with van der Waals surface area (Å²) in [6, 6.07) is 3.62. The molecule has 1 rings (SSSR count). The van der Waals surface area contributed by atoms with Crippen LogP contribution in [0, 0.1) is 15.9 Å². The van der Waals surface area contributed by atoms with Gasteiger partial charge in [0.05, 0.1) is 11.0 Å². The molecule has 106 valence electrons. The fourth-order valence-corrected chi connectivity index (χ4v) is 1.51. The van der Waals surface area contributed by atoms with E-state index in [4.69, 9.17) is 0 Å². The standard InChI is InChI=1S/C13H20FN3O2/c1-13(2,16(3)4)9-15-8-10-5-11(14)7-12(6-10)17(18)19/h5-7,15H,8-9H2,1-4H3. The van der Waals surface area contributed by atoms with E-state index in [0.717, 1.165) is 6.07 Å². The Labute approximate surface area is 112 Å². The van der Waals surface area contributed by atoms with Crippen LogP contribution >= 0.6 is 0 Å². The zero-order chi connectivity index (χ0) is 14.6. The van der Waals surface area contributed by atoms with Crippen molar-refractivity contribution in [1.29, 1.82) is 0 Å². The molecular formula is C13H20FN3O2. The summed E-state index contributed by atoms with van der Waals surface area (Å²) in [5.74, 6) is -0.585. The number of halogens is 1. The molecule has 0 bridgehead atoms. The third-order valence-electron chi connectivity index (χ3n) is 3.25. The van der Waals surface area contributed by atoms with Crippen LogP contribution in [0.4, 0.5) is 10.1 Å². The molecule has 0 saturated heterocycles. The SMILES string of the molecule is CN(C)C(C)(C)CNCc1cc(F)cc([N+](=O)[O-])c1. The average Bonchev–Trinajstić information content (AvgIpc) is 2.27. The number of nitrogens with one attached hydrogen (secondary N) is 1. The Kier molecular flexibility index (Phi) is 4.97. The summed E-state index contributed by atoms with van der Waals surface area (Å²) in [6.45, 7) is 5.25. The molecule has 0 aliphatic carbocycles. The molecule has 19 heavy (non-hydrogen) atoms. The summed E-state index contributed by atoms with van der Waals surface area (Å²) in [5, 5.41) is 13.8. The molecule has 0 aromatic heterocycles. The summed E-state index contributed by atoms with van der Waals surface area (Å²) in [6.07, 6.45) is 0. The molecule has 0 heterocycles. The first-order valence-electron chi connectivity index (χ1n) is 6.04. The van der Waals surface area contributed by atoms with E-state index in [1.54, 1.807) is 0 Å². The van der Waals surface area contributed by atoms with Gasteiger partial charge in [-0.15, -0.1) is 0 Å². The molecule has 0 radical (unpaired) electrons. The predicted octanol–water partition coefficient (Wildman–Crippen LogP) is 2.16. The molecule has 0 unspecified atom stereocenters. The van der Waals surface area contributed by atoms with Gasteiger partial charge >= 0.3 is 0 Å². The van der Waals surface area contributed by atoms with Crippen LogP contribution in [0.15, 0.2) is 18.2 Å². The molecule has 0 amide bonds. The fourth-order valence-electron chi connectivity index (χ4n) is 1.51. The van der Waals surface area contributed by atoms with E-state index >= 15 is 0 Å². The Morgan fingerprint density at radius 2 is 2.00 bits per heavy atom. The zero-order valence-electron chi connectivity index (χ0n) is 11.7. The lowest BCUT2D eigenvalue weighted by Gasteiger charge is -2.32. The van der Waals surface area contributed by atoms with Gasteiger partial charge in [-0.25, -0.2) is 4.39 Å². The quantitative estimate of drug-likeness (QED) is 0.635. The van der Waals surface area contributed by atoms with Crippen molar-refractivity contribution in [3.8, 4) is 0 Å². The van der Waals surface area contributed by atoms with Gasteiger partial charge in [0, 0.05) is 24.7 Å². The van der Waals surface area contributed by atoms with Crippen molar-refractivity contribution >= 4 is 5.69 Å². The van der Waals surface area contributed by atoms with Gasteiger partial charge in [-0.3, -0.25) is 10.1 Å². The highest BCUT2D eigenvalue weighted by Gasteiger charge is 2.19. The first-order valence-corrected chi connectivity index (χ1v) is 6.04. The number of non-ortho nitro benzene ring substituents is 1. The minimum Gasteiger partial charge on any atom is -0.311 e. The van der Waals surface area contributed by atoms with Crippen LogP contribution < -0.4 is 5.32 Å². The van der Waals surface area contributed by atoms with Crippen LogP contribution in [-0.4, -0.2) is 36.0 Å². The number of likely N-dealkylation sites (N-methyl/N-ethyl adjacent to an activating group) is 1. The summed E-state index contributed by atoms with van der Waals surface area (Å²) in [4.78, 5) is 12.1. The summed E-state index contributed by atoms with van der Waals surface area (Å²) in [5.41, 5.74) is 0.309. The highest BCUT2D eigenvalue weighted by atomic mass is 19.1. The van der Waals surface area contributed by atoms with Gasteiger partial charge in [0.15, 0.2) is 0 Å². The minimum absolute atomic E-state index is 0.0424. The first kappa shape index (κ1) is 15.5. The maximum absolute atomic E-state index is 13.2. The monoisotopic (exact) mass is 269 g/mol. The lowest BCUT2D eigenvalue weighted by atomic mass is 10.0. The number of benzene rings is 1. The predicted molar refractivity (Wildman–Crippen MR) is 72.5 cm³/mol. The molecule has 6 heteroatoms. The number of nitro groups is 1. The molecule has 0 spiro atoms. The van der Waals surface area contributed by atoms with Crippen molar-refractivity contribution in [2.75, 3.05) is 20.6 Å². The Balaban J connectivity index is 2.66. The summed E-state index contributed by atoms with van der Waals surface area (Å²) in [7, 11) is 3.96. The Bertz CT molecular complexity index is 461. The Hall–Kier alpha value is -1.53. The van der Waals surface area contributed by atoms with Crippen LogP contribution in [0.5, 0.6) is 0 Å². The number of hydrogen-bond acceptors (Lipinski definition) is 4. The normalized spacial score (nSPS) is 11.9. The third kappa shape index (κ3) is 4.57. The van der Waals surface area contributed by atoms with Gasteiger partial charge in [-0.1, -0.05) is 0 Å². The molecule has 1 aromatic carbocycles. The molecular weight excluding hydrogens is 249 g/mol. The number of hydrogen-bond donors (Lipinski definition) is 1. The van der Waals surface area contributed by atoms with Crippen LogP contribution in [0.2, 0.25) is 0 Å². The smallest absolute Gasteiger partial charge is 0.272 e. The van der Waals surface area contributed by atoms with E-state index in [0.29, 0.717) is 18.7 Å². The van der Waals surface area contributed by atoms with Crippen molar-refractivity contribution in [3.05, 3.63) is 39.7 Å². The van der Waals surface area contributed by atoms with Crippen molar-refractivity contribution in [1.82, 2.24) is 10.2 Å². The summed E-state index contributed by atoms with van der Waals surface area (Å²) >= 11 is 0. The summed E-state index contributed by atoms with van der Waals surface area (Å²) < 4.78 is 13.2. The van der Waals surface area contributed by atoms with E-state index in [-0.39, 0.29) is 11.2 Å². The molecule has 0 fully saturated rings. The Morgan fingerprint density at radius 1 is 1.37 bits per heavy atom. The van der Waals surface area contributed by atoms with Crippen LogP contribution in [0.25, 0.3) is 0 Å². The highest BCUT2D eigenvalue weighted by molar-refractivity contribution is 5.35. The van der Waals surface area contributed by atoms with Gasteiger partial charge < -0.3 is 10.2 Å². The largest absolute Gasteiger partial charge is 0.311 e. The molecule has 0 saturated carbocycles. The Morgan fingerprint density at radius 3 is 2.53 bits per heavy atom. The van der Waals surface area contributed by atoms with Crippen LogP contribution in [-0.2, 0) is 6.54 Å². The van der Waals surface area contributed by atoms with Crippen molar-refractivity contribution in [3.63, 3.8) is 0 Å². The van der Waals surface area contributed by atoms with E-state index in [1.807, 2.05) is 14.1 Å². The third-order valence-corrected chi connectivity index (χ3v) is 3.25. The molecule has 1 aromatic rings. The van der Waals surface area contributed by atoms with Gasteiger partial charge in [0.1, 0.15) is 5.82 Å². The van der Waals surface area contributed by atoms with Crippen molar-refractivity contribution in [2.24, 2.45) is 0 Å². The van der Waals surface area contributed by atoms with Crippen LogP contribution in [0.3, 0.4) is 0 Å². The molecule has 0 aliphatic heterocycles. The van der Waals surface area contributed by atoms with Gasteiger partial charge in [-0.2, -0.15) is 0 Å². The average molecular weight is 269 g/mol. The van der Waals surface area contributed by atoms with Crippen molar-refractivity contribution in [2.45, 2.75) is 25.9 Å². The second-order valence-corrected chi connectivity index (χ2v) is 5.39. The number of nitrogens with zero attached hydrogens (tertiary/aromatic N) is 2. The molecule has 0 atom stereocenters. The highest BCUT2D eigenvalue weighted by Crippen LogP contribution is 2.16. The first-order chi connectivity index (χ1) is 8.72. The second kappa shape index (κ2) is 6.08. The zero-order valence-corrected chi connectivity index (χ0v) is 11.7. The fraction of sp³-hybridized carbons (Fsp3) is 0.538. The van der Waals surface area contributed by atoms with E-state index in [2.05, 4.69) is 24.1 Å². The minimum atomic E-state index is -0.587. The van der Waals surface area contributed by atoms with Gasteiger partial charge in [-0.05, 0) is 39.6 Å². The second-order valence-electron chi connectivity index (χ2n) is 5.39. The van der Waals surface area contributed by atoms with E-state index < -0.39 is 10.7 Å². The van der Waals surface area contributed by atoms with Gasteiger partial charge in [0.25, 0.3) is 5.69 Å². The topological polar surface area (TPSA) is 58.4 Å². The number of rotatable bonds is 6. The van der Waals surface area contributed by atoms with Crippen LogP contribution in [0.1, 0.15) is 19.4 Å². The molecule has 0 aliphatic rings. The lowest BCUT2D eigenvalue weighted by molar-refractivity contribution is -0.385. The lowest BCUT2D eigenvalue weighted by Crippen LogP contribution is -2.46. The van der Waals surface area contributed by atoms with Crippen molar-refractivity contribution < 1.29 is 9.31 Å². The maximum Gasteiger partial charge on any atom is 0.272 e. The molecule has 1 N–H and O–H groups in total.